The van der Waals surface area contributed by atoms with Crippen LogP contribution in [0.1, 0.15) is 24.2 Å². The minimum Gasteiger partial charge on any atom is -0.305 e. The number of nitrogens with zero attached hydrogens (tertiary/aromatic N) is 2. The Morgan fingerprint density at radius 3 is 2.84 bits per heavy atom. The molecule has 0 amide bonds. The van der Waals surface area contributed by atoms with Crippen LogP contribution in [0.25, 0.3) is 0 Å². The van der Waals surface area contributed by atoms with Crippen LogP contribution >= 0.6 is 0 Å². The molecule has 0 aliphatic carbocycles. The molecule has 0 saturated heterocycles. The zero-order valence-corrected chi connectivity index (χ0v) is 10.6. The lowest BCUT2D eigenvalue weighted by molar-refractivity contribution is -0.384. The van der Waals surface area contributed by atoms with Crippen LogP contribution < -0.4 is 5.32 Å². The Morgan fingerprint density at radius 1 is 1.32 bits per heavy atom. The summed E-state index contributed by atoms with van der Waals surface area (Å²) in [6.45, 7) is 2.58. The van der Waals surface area contributed by atoms with Crippen molar-refractivity contribution in [1.29, 1.82) is 0 Å². The summed E-state index contributed by atoms with van der Waals surface area (Å²) < 4.78 is 0. The largest absolute Gasteiger partial charge is 0.305 e. The van der Waals surface area contributed by atoms with Crippen molar-refractivity contribution >= 4 is 5.69 Å². The summed E-state index contributed by atoms with van der Waals surface area (Å²) in [5, 5.41) is 14.0. The summed E-state index contributed by atoms with van der Waals surface area (Å²) in [7, 11) is 0. The van der Waals surface area contributed by atoms with Crippen molar-refractivity contribution in [2.24, 2.45) is 0 Å². The Bertz CT molecular complexity index is 558. The first kappa shape index (κ1) is 13.2. The van der Waals surface area contributed by atoms with Crippen molar-refractivity contribution in [3.63, 3.8) is 0 Å². The molecule has 1 aromatic carbocycles. The first-order valence-electron chi connectivity index (χ1n) is 6.04. The molecule has 0 radical (unpaired) electrons. The third-order valence-electron chi connectivity index (χ3n) is 2.87. The molecule has 0 fully saturated rings. The predicted octanol–water partition coefficient (Wildman–Crippen LogP) is 2.84. The topological polar surface area (TPSA) is 68.1 Å². The van der Waals surface area contributed by atoms with Gasteiger partial charge in [0.15, 0.2) is 0 Å². The number of hydrogen-bond donors (Lipinski definition) is 1. The van der Waals surface area contributed by atoms with Gasteiger partial charge in [0.05, 0.1) is 10.6 Å². The minimum atomic E-state index is -0.383. The van der Waals surface area contributed by atoms with E-state index < -0.39 is 0 Å². The van der Waals surface area contributed by atoms with Gasteiger partial charge in [-0.1, -0.05) is 18.2 Å². The van der Waals surface area contributed by atoms with Crippen LogP contribution in [0.2, 0.25) is 0 Å². The number of nitrogens with one attached hydrogen (secondary N) is 1. The number of pyridine rings is 1. The van der Waals surface area contributed by atoms with Gasteiger partial charge in [0.25, 0.3) is 5.69 Å². The SMILES string of the molecule is C[C@H](NCc1cccc([N+](=O)[O-])c1)c1ccccn1. The summed E-state index contributed by atoms with van der Waals surface area (Å²) >= 11 is 0. The van der Waals surface area contributed by atoms with E-state index in [0.29, 0.717) is 6.54 Å². The van der Waals surface area contributed by atoms with Crippen molar-refractivity contribution in [2.45, 2.75) is 19.5 Å². The van der Waals surface area contributed by atoms with Crippen molar-refractivity contribution in [3.8, 4) is 0 Å². The van der Waals surface area contributed by atoms with E-state index in [1.807, 2.05) is 31.2 Å². The van der Waals surface area contributed by atoms with E-state index in [2.05, 4.69) is 10.3 Å². The fourth-order valence-corrected chi connectivity index (χ4v) is 1.79. The van der Waals surface area contributed by atoms with Crippen molar-refractivity contribution < 1.29 is 4.92 Å². The Morgan fingerprint density at radius 2 is 2.16 bits per heavy atom. The maximum absolute atomic E-state index is 10.7. The van der Waals surface area contributed by atoms with E-state index >= 15 is 0 Å². The third kappa shape index (κ3) is 3.59. The zero-order valence-electron chi connectivity index (χ0n) is 10.6. The van der Waals surface area contributed by atoms with Gasteiger partial charge in [0.1, 0.15) is 0 Å². The summed E-state index contributed by atoms with van der Waals surface area (Å²) in [5.41, 5.74) is 1.95. The molecule has 0 spiro atoms. The molecule has 1 N–H and O–H groups in total. The van der Waals surface area contributed by atoms with Crippen molar-refractivity contribution in [2.75, 3.05) is 0 Å². The minimum absolute atomic E-state index is 0.0977. The molecule has 0 aliphatic heterocycles. The quantitative estimate of drug-likeness (QED) is 0.660. The fraction of sp³-hybridized carbons (Fsp3) is 0.214. The number of aromatic nitrogens is 1. The van der Waals surface area contributed by atoms with Crippen LogP contribution in [0.4, 0.5) is 5.69 Å². The summed E-state index contributed by atoms with van der Waals surface area (Å²) in [6.07, 6.45) is 1.75. The van der Waals surface area contributed by atoms with Crippen LogP contribution in [-0.2, 0) is 6.54 Å². The maximum atomic E-state index is 10.7. The fourth-order valence-electron chi connectivity index (χ4n) is 1.79. The maximum Gasteiger partial charge on any atom is 0.269 e. The molecule has 1 aromatic heterocycles. The lowest BCUT2D eigenvalue weighted by atomic mass is 10.1. The van der Waals surface area contributed by atoms with E-state index in [0.717, 1.165) is 11.3 Å². The number of non-ortho nitro benzene ring substituents is 1. The molecule has 0 unspecified atom stereocenters. The van der Waals surface area contributed by atoms with Gasteiger partial charge in [-0.2, -0.15) is 0 Å². The van der Waals surface area contributed by atoms with Gasteiger partial charge in [-0.05, 0) is 24.6 Å². The van der Waals surface area contributed by atoms with Gasteiger partial charge < -0.3 is 5.32 Å². The van der Waals surface area contributed by atoms with Gasteiger partial charge >= 0.3 is 0 Å². The Balaban J connectivity index is 1.99. The molecule has 2 rings (SSSR count). The average Bonchev–Trinajstić information content (AvgIpc) is 2.46. The Labute approximate surface area is 111 Å². The van der Waals surface area contributed by atoms with E-state index in [1.54, 1.807) is 18.3 Å². The lowest BCUT2D eigenvalue weighted by Gasteiger charge is -2.13. The summed E-state index contributed by atoms with van der Waals surface area (Å²) in [4.78, 5) is 14.6. The predicted molar refractivity (Wildman–Crippen MR) is 72.6 cm³/mol. The standard InChI is InChI=1S/C14H15N3O2/c1-11(14-7-2-3-8-15-14)16-10-12-5-4-6-13(9-12)17(18)19/h2-9,11,16H,10H2,1H3/t11-/m0/s1. The smallest absolute Gasteiger partial charge is 0.269 e. The molecule has 0 bridgehead atoms. The van der Waals surface area contributed by atoms with Crippen LogP contribution in [-0.4, -0.2) is 9.91 Å². The summed E-state index contributed by atoms with van der Waals surface area (Å²) in [5.74, 6) is 0. The van der Waals surface area contributed by atoms with Crippen LogP contribution in [0.3, 0.4) is 0 Å². The molecular weight excluding hydrogens is 242 g/mol. The monoisotopic (exact) mass is 257 g/mol. The molecule has 19 heavy (non-hydrogen) atoms. The zero-order chi connectivity index (χ0) is 13.7. The van der Waals surface area contributed by atoms with Gasteiger partial charge in [-0.25, -0.2) is 0 Å². The van der Waals surface area contributed by atoms with Gasteiger partial charge in [-0.15, -0.1) is 0 Å². The third-order valence-corrected chi connectivity index (χ3v) is 2.87. The molecule has 0 aliphatic rings. The lowest BCUT2D eigenvalue weighted by Crippen LogP contribution is -2.18. The van der Waals surface area contributed by atoms with Crippen LogP contribution in [0.15, 0.2) is 48.7 Å². The second kappa shape index (κ2) is 6.06. The van der Waals surface area contributed by atoms with Crippen LogP contribution in [0.5, 0.6) is 0 Å². The van der Waals surface area contributed by atoms with Gasteiger partial charge in [-0.3, -0.25) is 15.1 Å². The number of nitro groups is 1. The first-order valence-corrected chi connectivity index (χ1v) is 6.04. The highest BCUT2D eigenvalue weighted by Gasteiger charge is 2.08. The highest BCUT2D eigenvalue weighted by atomic mass is 16.6. The van der Waals surface area contributed by atoms with Gasteiger partial charge in [0.2, 0.25) is 0 Å². The van der Waals surface area contributed by atoms with Crippen LogP contribution in [0, 0.1) is 10.1 Å². The molecule has 1 atom stereocenters. The Hall–Kier alpha value is -2.27. The van der Waals surface area contributed by atoms with E-state index in [-0.39, 0.29) is 16.7 Å². The Kier molecular flexibility index (Phi) is 4.20. The molecule has 98 valence electrons. The van der Waals surface area contributed by atoms with Gasteiger partial charge in [0, 0.05) is 30.9 Å². The van der Waals surface area contributed by atoms with E-state index in [4.69, 9.17) is 0 Å². The second-order valence-electron chi connectivity index (χ2n) is 4.28. The number of benzene rings is 1. The molecule has 5 nitrogen and oxygen atoms in total. The molecule has 5 heteroatoms. The average molecular weight is 257 g/mol. The normalized spacial score (nSPS) is 12.1. The highest BCUT2D eigenvalue weighted by molar-refractivity contribution is 5.34. The highest BCUT2D eigenvalue weighted by Crippen LogP contribution is 2.14. The number of nitro benzene ring substituents is 1. The number of hydrogen-bond acceptors (Lipinski definition) is 4. The summed E-state index contributed by atoms with van der Waals surface area (Å²) in [6, 6.07) is 12.5. The molecule has 1 heterocycles. The number of rotatable bonds is 5. The first-order chi connectivity index (χ1) is 9.16. The molecule has 0 saturated carbocycles. The molecule has 2 aromatic rings. The van der Waals surface area contributed by atoms with E-state index in [9.17, 15) is 10.1 Å². The van der Waals surface area contributed by atoms with Crippen molar-refractivity contribution in [3.05, 3.63) is 70.0 Å². The molecular formula is C14H15N3O2. The van der Waals surface area contributed by atoms with Crippen molar-refractivity contribution in [1.82, 2.24) is 10.3 Å². The van der Waals surface area contributed by atoms with E-state index in [1.165, 1.54) is 6.07 Å². The second-order valence-corrected chi connectivity index (χ2v) is 4.28.